The lowest BCUT2D eigenvalue weighted by Gasteiger charge is -2.60. The standard InChI is InChI=1S/C30H38ClN7O2/c31-25-4-2-1-3-20(25)15-34-29-35-16-23(14-32)28(37-29)36-18-30-11-19-9-21(12-30)27(22(10-19)13-30)33-17-26(40)38-7-5-24(39)6-8-38/h1-4,16,19,21-22,24,27,33,39H,5-13,15,17-18H2,(H2,34,35,36,37)/t19?,21-,22+,27?,30?. The molecule has 5 atom stereocenters. The smallest absolute Gasteiger partial charge is 0.236 e. The number of amides is 1. The van der Waals surface area contributed by atoms with Crippen molar-refractivity contribution >= 4 is 29.3 Å². The molecule has 1 saturated heterocycles. The number of nitrogens with zero attached hydrogens (tertiary/aromatic N) is 4. The molecule has 7 rings (SSSR count). The normalized spacial score (nSPS) is 29.3. The van der Waals surface area contributed by atoms with Crippen LogP contribution in [0.1, 0.15) is 56.1 Å². The van der Waals surface area contributed by atoms with E-state index in [4.69, 9.17) is 11.6 Å². The van der Waals surface area contributed by atoms with Crippen molar-refractivity contribution in [2.45, 2.75) is 63.6 Å². The molecule has 10 heteroatoms. The third-order valence-corrected chi connectivity index (χ3v) is 10.0. The molecule has 0 radical (unpaired) electrons. The van der Waals surface area contributed by atoms with Crippen LogP contribution in [0.2, 0.25) is 5.02 Å². The van der Waals surface area contributed by atoms with E-state index in [1.165, 1.54) is 19.3 Å². The highest BCUT2D eigenvalue weighted by Gasteiger charge is 2.55. The molecule has 5 fully saturated rings. The molecule has 1 aromatic carbocycles. The third kappa shape index (κ3) is 5.76. The SMILES string of the molecule is N#Cc1cnc(NCc2ccccc2Cl)nc1NCC12CC3C[C@H](C1)C(NCC(=O)N1CCC(O)CC1)[C@@H](C3)C2. The number of piperidine rings is 1. The molecule has 5 aliphatic rings. The van der Waals surface area contributed by atoms with Crippen molar-refractivity contribution in [2.75, 3.05) is 36.8 Å². The van der Waals surface area contributed by atoms with Gasteiger partial charge in [0.2, 0.25) is 11.9 Å². The average Bonchev–Trinajstić information content (AvgIpc) is 2.95. The number of carbonyl (C=O) groups is 1. The summed E-state index contributed by atoms with van der Waals surface area (Å²) in [6.07, 6.45) is 8.57. The van der Waals surface area contributed by atoms with Crippen molar-refractivity contribution in [1.29, 1.82) is 5.26 Å². The van der Waals surface area contributed by atoms with Crippen molar-refractivity contribution in [1.82, 2.24) is 20.2 Å². The topological polar surface area (TPSA) is 126 Å². The molecule has 4 N–H and O–H groups in total. The van der Waals surface area contributed by atoms with Crippen LogP contribution < -0.4 is 16.0 Å². The van der Waals surface area contributed by atoms with Gasteiger partial charge in [0.25, 0.3) is 0 Å². The number of hydrogen-bond acceptors (Lipinski definition) is 8. The molecule has 4 bridgehead atoms. The van der Waals surface area contributed by atoms with Crippen LogP contribution in [0.3, 0.4) is 0 Å². The van der Waals surface area contributed by atoms with Crippen molar-refractivity contribution in [3.8, 4) is 6.07 Å². The number of benzene rings is 1. The van der Waals surface area contributed by atoms with E-state index in [1.807, 2.05) is 29.2 Å². The fraction of sp³-hybridized carbons (Fsp3) is 0.600. The number of halogens is 1. The van der Waals surface area contributed by atoms with Crippen LogP contribution in [-0.2, 0) is 11.3 Å². The van der Waals surface area contributed by atoms with Crippen LogP contribution in [-0.4, -0.2) is 64.2 Å². The first-order valence-electron chi connectivity index (χ1n) is 14.6. The summed E-state index contributed by atoms with van der Waals surface area (Å²) in [7, 11) is 0. The first-order chi connectivity index (χ1) is 19.4. The van der Waals surface area contributed by atoms with Gasteiger partial charge in [0.1, 0.15) is 17.5 Å². The van der Waals surface area contributed by atoms with Crippen LogP contribution in [0.5, 0.6) is 0 Å². The lowest BCUT2D eigenvalue weighted by Crippen LogP contribution is -2.60. The Kier molecular flexibility index (Phi) is 7.84. The Bertz CT molecular complexity index is 1260. The van der Waals surface area contributed by atoms with E-state index in [-0.39, 0.29) is 17.4 Å². The first-order valence-corrected chi connectivity index (χ1v) is 15.0. The highest BCUT2D eigenvalue weighted by Crippen LogP contribution is 2.60. The minimum absolute atomic E-state index is 0.156. The fourth-order valence-electron chi connectivity index (χ4n) is 7.95. The number of aliphatic hydroxyl groups is 1. The maximum atomic E-state index is 12.8. The molecule has 2 heterocycles. The van der Waals surface area contributed by atoms with E-state index in [9.17, 15) is 15.2 Å². The summed E-state index contributed by atoms with van der Waals surface area (Å²) in [5.74, 6) is 3.05. The summed E-state index contributed by atoms with van der Waals surface area (Å²) in [6.45, 7) is 2.98. The predicted molar refractivity (Wildman–Crippen MR) is 154 cm³/mol. The van der Waals surface area contributed by atoms with Crippen LogP contribution in [0, 0.1) is 34.5 Å². The van der Waals surface area contributed by atoms with E-state index in [1.54, 1.807) is 6.20 Å². The fourth-order valence-corrected chi connectivity index (χ4v) is 8.15. The van der Waals surface area contributed by atoms with Crippen molar-refractivity contribution in [3.63, 3.8) is 0 Å². The molecule has 4 saturated carbocycles. The molecule has 40 heavy (non-hydrogen) atoms. The van der Waals surface area contributed by atoms with Gasteiger partial charge in [0.05, 0.1) is 18.8 Å². The van der Waals surface area contributed by atoms with Crippen molar-refractivity contribution < 1.29 is 9.90 Å². The van der Waals surface area contributed by atoms with Gasteiger partial charge >= 0.3 is 0 Å². The highest BCUT2D eigenvalue weighted by molar-refractivity contribution is 6.31. The minimum atomic E-state index is -0.269. The van der Waals surface area contributed by atoms with E-state index < -0.39 is 0 Å². The van der Waals surface area contributed by atoms with Crippen LogP contribution in [0.4, 0.5) is 11.8 Å². The lowest BCUT2D eigenvalue weighted by molar-refractivity contribution is -0.133. The van der Waals surface area contributed by atoms with E-state index in [0.29, 0.717) is 79.3 Å². The predicted octanol–water partition coefficient (Wildman–Crippen LogP) is 3.79. The van der Waals surface area contributed by atoms with Gasteiger partial charge in [0, 0.05) is 37.2 Å². The Hall–Kier alpha value is -2.93. The Morgan fingerprint density at radius 2 is 1.90 bits per heavy atom. The number of aliphatic hydroxyl groups excluding tert-OH is 1. The van der Waals surface area contributed by atoms with Gasteiger partial charge in [-0.15, -0.1) is 0 Å². The van der Waals surface area contributed by atoms with Crippen LogP contribution >= 0.6 is 11.6 Å². The maximum absolute atomic E-state index is 12.8. The monoisotopic (exact) mass is 563 g/mol. The van der Waals surface area contributed by atoms with E-state index >= 15 is 0 Å². The Balaban J connectivity index is 1.07. The van der Waals surface area contributed by atoms with Gasteiger partial charge in [-0.2, -0.15) is 10.2 Å². The molecule has 1 amide bonds. The lowest BCUT2D eigenvalue weighted by atomic mass is 9.48. The summed E-state index contributed by atoms with van der Waals surface area (Å²) in [5.41, 5.74) is 1.58. The number of carbonyl (C=O) groups excluding carboxylic acids is 1. The van der Waals surface area contributed by atoms with Gasteiger partial charge in [-0.3, -0.25) is 4.79 Å². The molecule has 1 aromatic heterocycles. The Labute approximate surface area is 240 Å². The average molecular weight is 564 g/mol. The number of nitriles is 1. The second-order valence-corrected chi connectivity index (χ2v) is 12.8. The second kappa shape index (κ2) is 11.5. The zero-order valence-electron chi connectivity index (χ0n) is 22.8. The number of nitrogens with one attached hydrogen (secondary N) is 3. The zero-order valence-corrected chi connectivity index (χ0v) is 23.5. The highest BCUT2D eigenvalue weighted by atomic mass is 35.5. The number of hydrogen-bond donors (Lipinski definition) is 4. The molecular weight excluding hydrogens is 526 g/mol. The van der Waals surface area contributed by atoms with Gasteiger partial charge in [-0.25, -0.2) is 4.98 Å². The molecule has 4 aliphatic carbocycles. The number of rotatable bonds is 9. The number of aromatic nitrogens is 2. The van der Waals surface area contributed by atoms with Gasteiger partial charge < -0.3 is 26.0 Å². The summed E-state index contributed by atoms with van der Waals surface area (Å²) in [5, 5.41) is 30.6. The van der Waals surface area contributed by atoms with Crippen molar-refractivity contribution in [2.24, 2.45) is 23.2 Å². The van der Waals surface area contributed by atoms with Crippen LogP contribution in [0.15, 0.2) is 30.5 Å². The first kappa shape index (κ1) is 27.3. The summed E-state index contributed by atoms with van der Waals surface area (Å²) < 4.78 is 0. The molecule has 0 spiro atoms. The molecule has 3 unspecified atom stereocenters. The molecular formula is C30H38ClN7O2. The number of anilines is 2. The van der Waals surface area contributed by atoms with Crippen molar-refractivity contribution in [3.05, 3.63) is 46.6 Å². The van der Waals surface area contributed by atoms with Gasteiger partial charge in [-0.05, 0) is 79.7 Å². The number of likely N-dealkylation sites (tertiary alicyclic amines) is 1. The minimum Gasteiger partial charge on any atom is -0.393 e. The summed E-state index contributed by atoms with van der Waals surface area (Å²) in [6, 6.07) is 10.3. The molecule has 212 valence electrons. The summed E-state index contributed by atoms with van der Waals surface area (Å²) in [4.78, 5) is 23.7. The molecule has 1 aliphatic heterocycles. The van der Waals surface area contributed by atoms with Crippen LogP contribution in [0.25, 0.3) is 0 Å². The van der Waals surface area contributed by atoms with Gasteiger partial charge in [-0.1, -0.05) is 29.8 Å². The van der Waals surface area contributed by atoms with E-state index in [2.05, 4.69) is 32.0 Å². The Morgan fingerprint density at radius 3 is 2.62 bits per heavy atom. The Morgan fingerprint density at radius 1 is 1.15 bits per heavy atom. The second-order valence-electron chi connectivity index (χ2n) is 12.4. The molecule has 9 nitrogen and oxygen atoms in total. The summed E-state index contributed by atoms with van der Waals surface area (Å²) >= 11 is 6.29. The largest absolute Gasteiger partial charge is 0.393 e. The van der Waals surface area contributed by atoms with E-state index in [0.717, 1.165) is 30.9 Å². The van der Waals surface area contributed by atoms with Gasteiger partial charge in [0.15, 0.2) is 0 Å². The quantitative estimate of drug-likeness (QED) is 0.363. The maximum Gasteiger partial charge on any atom is 0.236 e. The third-order valence-electron chi connectivity index (χ3n) is 9.64. The molecule has 2 aromatic rings. The zero-order chi connectivity index (χ0) is 27.7.